The Balaban J connectivity index is 1.78. The molecule has 26 heavy (non-hydrogen) atoms. The van der Waals surface area contributed by atoms with Crippen molar-refractivity contribution < 1.29 is 14.9 Å². The number of hydrogen-bond donors (Lipinski definition) is 3. The minimum atomic E-state index is -0.154. The van der Waals surface area contributed by atoms with Gasteiger partial charge in [-0.05, 0) is 69.7 Å². The first-order valence-corrected chi connectivity index (χ1v) is 9.96. The first kappa shape index (κ1) is 19.6. The molecule has 0 radical (unpaired) electrons. The summed E-state index contributed by atoms with van der Waals surface area (Å²) in [6, 6.07) is 8.75. The van der Waals surface area contributed by atoms with Gasteiger partial charge in [0.1, 0.15) is 5.75 Å². The summed E-state index contributed by atoms with van der Waals surface area (Å²) >= 11 is 0. The van der Waals surface area contributed by atoms with E-state index in [2.05, 4.69) is 22.3 Å². The lowest BCUT2D eigenvalue weighted by Crippen LogP contribution is -2.63. The Kier molecular flexibility index (Phi) is 6.56. The Morgan fingerprint density at radius 2 is 1.85 bits per heavy atom. The molecule has 1 aliphatic carbocycles. The van der Waals surface area contributed by atoms with Gasteiger partial charge in [0.2, 0.25) is 0 Å². The van der Waals surface area contributed by atoms with Crippen LogP contribution in [0.2, 0.25) is 0 Å². The molecule has 5 nitrogen and oxygen atoms in total. The maximum absolute atomic E-state index is 10.2. The number of hydrogen-bond acceptors (Lipinski definition) is 5. The summed E-state index contributed by atoms with van der Waals surface area (Å²) in [7, 11) is 3.71. The SMILES string of the molecule is CN[C@H]1CCC2(CCC(O)CC2)N(C(CO)Cc2ccc(OC)cc2)C1. The van der Waals surface area contributed by atoms with Crippen LogP contribution in [-0.2, 0) is 6.42 Å². The quantitative estimate of drug-likeness (QED) is 0.722. The molecule has 2 fully saturated rings. The Labute approximate surface area is 157 Å². The first-order chi connectivity index (χ1) is 12.6. The summed E-state index contributed by atoms with van der Waals surface area (Å²) in [6.45, 7) is 1.13. The largest absolute Gasteiger partial charge is 0.497 e. The average molecular weight is 363 g/mol. The van der Waals surface area contributed by atoms with Crippen LogP contribution >= 0.6 is 0 Å². The fourth-order valence-corrected chi connectivity index (χ4v) is 4.86. The van der Waals surface area contributed by atoms with Crippen molar-refractivity contribution in [1.82, 2.24) is 10.2 Å². The summed E-state index contributed by atoms with van der Waals surface area (Å²) in [5.74, 6) is 0.861. The monoisotopic (exact) mass is 362 g/mol. The highest BCUT2D eigenvalue weighted by Gasteiger charge is 2.45. The number of methoxy groups -OCH3 is 1. The molecule has 1 aromatic carbocycles. The number of ether oxygens (including phenoxy) is 1. The van der Waals surface area contributed by atoms with E-state index in [0.29, 0.717) is 6.04 Å². The summed E-state index contributed by atoms with van der Waals surface area (Å²) < 4.78 is 5.25. The van der Waals surface area contributed by atoms with Crippen molar-refractivity contribution in [2.24, 2.45) is 0 Å². The summed E-state index contributed by atoms with van der Waals surface area (Å²) in [6.07, 6.45) is 6.81. The minimum Gasteiger partial charge on any atom is -0.497 e. The van der Waals surface area contributed by atoms with Crippen molar-refractivity contribution in [3.05, 3.63) is 29.8 Å². The maximum atomic E-state index is 10.2. The molecular formula is C21H34N2O3. The van der Waals surface area contributed by atoms with E-state index in [1.165, 1.54) is 12.0 Å². The van der Waals surface area contributed by atoms with Gasteiger partial charge in [0.05, 0.1) is 19.8 Å². The van der Waals surface area contributed by atoms with Crippen molar-refractivity contribution in [2.75, 3.05) is 27.3 Å². The molecule has 1 saturated carbocycles. The molecule has 0 amide bonds. The fraction of sp³-hybridized carbons (Fsp3) is 0.714. The number of nitrogens with one attached hydrogen (secondary N) is 1. The third-order valence-electron chi connectivity index (χ3n) is 6.56. The topological polar surface area (TPSA) is 65.0 Å². The predicted octanol–water partition coefficient (Wildman–Crippen LogP) is 1.96. The number of nitrogens with zero attached hydrogens (tertiary/aromatic N) is 1. The van der Waals surface area contributed by atoms with E-state index in [9.17, 15) is 10.2 Å². The van der Waals surface area contributed by atoms with Crippen LogP contribution < -0.4 is 10.1 Å². The Hall–Kier alpha value is -1.14. The summed E-state index contributed by atoms with van der Waals surface area (Å²) in [4.78, 5) is 2.56. The van der Waals surface area contributed by atoms with Crippen LogP contribution in [0.3, 0.4) is 0 Å². The highest BCUT2D eigenvalue weighted by molar-refractivity contribution is 5.27. The number of piperidine rings is 1. The molecule has 0 bridgehead atoms. The average Bonchev–Trinajstić information content (AvgIpc) is 2.69. The highest BCUT2D eigenvalue weighted by atomic mass is 16.5. The first-order valence-electron chi connectivity index (χ1n) is 9.96. The van der Waals surface area contributed by atoms with E-state index >= 15 is 0 Å². The van der Waals surface area contributed by atoms with Crippen LogP contribution in [0.25, 0.3) is 0 Å². The van der Waals surface area contributed by atoms with E-state index in [1.54, 1.807) is 7.11 Å². The van der Waals surface area contributed by atoms with Crippen LogP contribution in [0, 0.1) is 0 Å². The van der Waals surface area contributed by atoms with E-state index in [-0.39, 0.29) is 24.3 Å². The second-order valence-electron chi connectivity index (χ2n) is 8.02. The Morgan fingerprint density at radius 3 is 2.42 bits per heavy atom. The molecule has 1 aromatic rings. The third-order valence-corrected chi connectivity index (χ3v) is 6.56. The molecular weight excluding hydrogens is 328 g/mol. The number of likely N-dealkylation sites (N-methyl/N-ethyl adjacent to an activating group) is 1. The minimum absolute atomic E-state index is 0.106. The lowest BCUT2D eigenvalue weighted by atomic mass is 9.72. The van der Waals surface area contributed by atoms with Crippen molar-refractivity contribution >= 4 is 0 Å². The molecule has 0 aromatic heterocycles. The fourth-order valence-electron chi connectivity index (χ4n) is 4.86. The van der Waals surface area contributed by atoms with E-state index in [1.807, 2.05) is 19.2 Å². The third kappa shape index (κ3) is 4.22. The molecule has 1 aliphatic heterocycles. The maximum Gasteiger partial charge on any atom is 0.118 e. The molecule has 5 heteroatoms. The molecule has 1 unspecified atom stereocenters. The van der Waals surface area contributed by atoms with Gasteiger partial charge in [-0.15, -0.1) is 0 Å². The normalized spacial score (nSPS) is 31.1. The van der Waals surface area contributed by atoms with Crippen molar-refractivity contribution in [3.8, 4) is 5.75 Å². The number of aliphatic hydroxyl groups is 2. The molecule has 1 spiro atoms. The smallest absolute Gasteiger partial charge is 0.118 e. The zero-order chi connectivity index (χ0) is 18.6. The number of likely N-dealkylation sites (tertiary alicyclic amines) is 1. The zero-order valence-electron chi connectivity index (χ0n) is 16.2. The zero-order valence-corrected chi connectivity index (χ0v) is 16.2. The van der Waals surface area contributed by atoms with Gasteiger partial charge in [0.25, 0.3) is 0 Å². The van der Waals surface area contributed by atoms with Crippen LogP contribution in [0.15, 0.2) is 24.3 Å². The van der Waals surface area contributed by atoms with Crippen molar-refractivity contribution in [3.63, 3.8) is 0 Å². The van der Waals surface area contributed by atoms with Crippen LogP contribution in [0.1, 0.15) is 44.1 Å². The molecule has 2 atom stereocenters. The van der Waals surface area contributed by atoms with Gasteiger partial charge in [-0.1, -0.05) is 12.1 Å². The van der Waals surface area contributed by atoms with Gasteiger partial charge in [0.15, 0.2) is 0 Å². The van der Waals surface area contributed by atoms with Gasteiger partial charge in [-0.2, -0.15) is 0 Å². The Morgan fingerprint density at radius 1 is 1.19 bits per heavy atom. The molecule has 3 N–H and O–H groups in total. The van der Waals surface area contributed by atoms with Crippen molar-refractivity contribution in [1.29, 1.82) is 0 Å². The molecule has 2 aliphatic rings. The Bertz CT molecular complexity index is 555. The van der Waals surface area contributed by atoms with E-state index < -0.39 is 0 Å². The molecule has 1 heterocycles. The van der Waals surface area contributed by atoms with E-state index in [4.69, 9.17) is 4.74 Å². The summed E-state index contributed by atoms with van der Waals surface area (Å²) in [5, 5.41) is 23.7. The molecule has 146 valence electrons. The van der Waals surface area contributed by atoms with Gasteiger partial charge in [-0.25, -0.2) is 0 Å². The second-order valence-corrected chi connectivity index (χ2v) is 8.02. The number of rotatable bonds is 6. The summed E-state index contributed by atoms with van der Waals surface area (Å²) in [5.41, 5.74) is 1.36. The van der Waals surface area contributed by atoms with Gasteiger partial charge in [0, 0.05) is 24.2 Å². The lowest BCUT2D eigenvalue weighted by Gasteiger charge is -2.55. The van der Waals surface area contributed by atoms with Crippen molar-refractivity contribution in [2.45, 2.75) is 68.7 Å². The predicted molar refractivity (Wildman–Crippen MR) is 104 cm³/mol. The standard InChI is InChI=1S/C21H34N2O3/c1-22-17-7-10-21(11-8-19(25)9-12-21)23(14-17)18(15-24)13-16-3-5-20(26-2)6-4-16/h3-6,17-19,22,24-25H,7-15H2,1-2H3/t17-,18?,19?,21?/m0/s1. The number of benzene rings is 1. The number of aliphatic hydroxyl groups excluding tert-OH is 2. The highest BCUT2D eigenvalue weighted by Crippen LogP contribution is 2.42. The van der Waals surface area contributed by atoms with E-state index in [0.717, 1.165) is 50.8 Å². The van der Waals surface area contributed by atoms with Crippen LogP contribution in [0.5, 0.6) is 5.75 Å². The molecule has 3 rings (SSSR count). The van der Waals surface area contributed by atoms with Crippen LogP contribution in [0.4, 0.5) is 0 Å². The van der Waals surface area contributed by atoms with Crippen LogP contribution in [-0.4, -0.2) is 66.1 Å². The van der Waals surface area contributed by atoms with Gasteiger partial charge >= 0.3 is 0 Å². The second kappa shape index (κ2) is 8.70. The van der Waals surface area contributed by atoms with Gasteiger partial charge < -0.3 is 20.3 Å². The molecule has 1 saturated heterocycles. The lowest BCUT2D eigenvalue weighted by molar-refractivity contribution is -0.0622. The van der Waals surface area contributed by atoms with Gasteiger partial charge in [-0.3, -0.25) is 4.90 Å².